The molecule has 1 aliphatic heterocycles. The van der Waals surface area contributed by atoms with Gasteiger partial charge in [-0.1, -0.05) is 0 Å². The predicted molar refractivity (Wildman–Crippen MR) is 93.6 cm³/mol. The molecular formula is C19H24N2O4. The zero-order chi connectivity index (χ0) is 17.6. The fraction of sp³-hybridized carbons (Fsp3) is 0.421. The van der Waals surface area contributed by atoms with E-state index < -0.39 is 0 Å². The molecule has 1 amide bonds. The summed E-state index contributed by atoms with van der Waals surface area (Å²) in [6.45, 7) is 1.65. The first kappa shape index (κ1) is 17.4. The second-order valence-electron chi connectivity index (χ2n) is 6.09. The molecule has 0 aliphatic carbocycles. The molecule has 1 N–H and O–H groups in total. The zero-order valence-electron chi connectivity index (χ0n) is 14.7. The number of hydrogen-bond acceptors (Lipinski definition) is 5. The molecule has 1 aliphatic rings. The molecule has 1 saturated heterocycles. The first-order valence-corrected chi connectivity index (χ1v) is 8.46. The van der Waals surface area contributed by atoms with Crippen LogP contribution in [0.15, 0.2) is 41.0 Å². The van der Waals surface area contributed by atoms with Gasteiger partial charge in [0.2, 0.25) is 5.91 Å². The molecule has 134 valence electrons. The molecule has 6 nitrogen and oxygen atoms in total. The fourth-order valence-corrected chi connectivity index (χ4v) is 3.31. The number of methoxy groups -OCH3 is 2. The van der Waals surface area contributed by atoms with Crippen molar-refractivity contribution >= 4 is 5.91 Å². The molecule has 1 atom stereocenters. The Bertz CT molecular complexity index is 699. The number of carbonyl (C=O) groups is 1. The number of likely N-dealkylation sites (tertiary alicyclic amines) is 1. The van der Waals surface area contributed by atoms with E-state index in [-0.39, 0.29) is 11.9 Å². The number of nitrogens with one attached hydrogen (secondary N) is 1. The normalized spacial score (nSPS) is 17.4. The van der Waals surface area contributed by atoms with E-state index in [4.69, 9.17) is 13.9 Å². The van der Waals surface area contributed by atoms with Crippen molar-refractivity contribution in [3.63, 3.8) is 0 Å². The number of rotatable bonds is 7. The van der Waals surface area contributed by atoms with Crippen molar-refractivity contribution in [3.8, 4) is 11.5 Å². The van der Waals surface area contributed by atoms with E-state index >= 15 is 0 Å². The monoisotopic (exact) mass is 344 g/mol. The van der Waals surface area contributed by atoms with Gasteiger partial charge in [0.1, 0.15) is 17.3 Å². The third-order valence-electron chi connectivity index (χ3n) is 4.55. The summed E-state index contributed by atoms with van der Waals surface area (Å²) in [5.41, 5.74) is 1.07. The van der Waals surface area contributed by atoms with Crippen LogP contribution in [0.1, 0.15) is 30.2 Å². The second kappa shape index (κ2) is 8.07. The van der Waals surface area contributed by atoms with Crippen LogP contribution in [0.4, 0.5) is 0 Å². The fourth-order valence-electron chi connectivity index (χ4n) is 3.31. The van der Waals surface area contributed by atoms with Crippen LogP contribution in [0.3, 0.4) is 0 Å². The molecule has 2 aromatic rings. The van der Waals surface area contributed by atoms with Gasteiger partial charge in [0, 0.05) is 11.6 Å². The SMILES string of the molecule is COc1ccc(OC)c(C2CCCN2CC(=O)NCc2ccco2)c1. The summed E-state index contributed by atoms with van der Waals surface area (Å²) in [5.74, 6) is 2.37. The van der Waals surface area contributed by atoms with Gasteiger partial charge in [-0.15, -0.1) is 0 Å². The van der Waals surface area contributed by atoms with Crippen LogP contribution in [0, 0.1) is 0 Å². The summed E-state index contributed by atoms with van der Waals surface area (Å²) in [5, 5.41) is 2.90. The Morgan fingerprint density at radius 2 is 2.20 bits per heavy atom. The van der Waals surface area contributed by atoms with Crippen molar-refractivity contribution < 1.29 is 18.7 Å². The topological polar surface area (TPSA) is 63.9 Å². The molecule has 0 saturated carbocycles. The van der Waals surface area contributed by atoms with E-state index in [9.17, 15) is 4.79 Å². The largest absolute Gasteiger partial charge is 0.497 e. The highest BCUT2D eigenvalue weighted by atomic mass is 16.5. The van der Waals surface area contributed by atoms with Crippen LogP contribution < -0.4 is 14.8 Å². The van der Waals surface area contributed by atoms with Crippen LogP contribution in [-0.2, 0) is 11.3 Å². The van der Waals surface area contributed by atoms with Crippen LogP contribution in [-0.4, -0.2) is 38.1 Å². The molecular weight excluding hydrogens is 320 g/mol. The van der Waals surface area contributed by atoms with Gasteiger partial charge in [0.25, 0.3) is 0 Å². The molecule has 0 bridgehead atoms. The molecule has 1 unspecified atom stereocenters. The molecule has 6 heteroatoms. The number of amides is 1. The summed E-state index contributed by atoms with van der Waals surface area (Å²) < 4.78 is 16.1. The molecule has 0 spiro atoms. The highest BCUT2D eigenvalue weighted by Gasteiger charge is 2.30. The van der Waals surface area contributed by atoms with Crippen LogP contribution >= 0.6 is 0 Å². The summed E-state index contributed by atoms with van der Waals surface area (Å²) in [6.07, 6.45) is 3.65. The van der Waals surface area contributed by atoms with Crippen LogP contribution in [0.25, 0.3) is 0 Å². The molecule has 2 heterocycles. The van der Waals surface area contributed by atoms with E-state index in [1.54, 1.807) is 20.5 Å². The van der Waals surface area contributed by atoms with Gasteiger partial charge >= 0.3 is 0 Å². The maximum absolute atomic E-state index is 12.3. The molecule has 1 fully saturated rings. The lowest BCUT2D eigenvalue weighted by atomic mass is 10.0. The first-order chi connectivity index (χ1) is 12.2. The highest BCUT2D eigenvalue weighted by molar-refractivity contribution is 5.78. The number of furan rings is 1. The number of nitrogens with zero attached hydrogens (tertiary/aromatic N) is 1. The second-order valence-corrected chi connectivity index (χ2v) is 6.09. The van der Waals surface area contributed by atoms with Crippen molar-refractivity contribution in [3.05, 3.63) is 47.9 Å². The highest BCUT2D eigenvalue weighted by Crippen LogP contribution is 2.38. The summed E-state index contributed by atoms with van der Waals surface area (Å²) in [7, 11) is 3.32. The smallest absolute Gasteiger partial charge is 0.234 e. The molecule has 3 rings (SSSR count). The lowest BCUT2D eigenvalue weighted by molar-refractivity contribution is -0.122. The lowest BCUT2D eigenvalue weighted by Gasteiger charge is -2.26. The third-order valence-corrected chi connectivity index (χ3v) is 4.55. The average Bonchev–Trinajstić information content (AvgIpc) is 3.31. The minimum Gasteiger partial charge on any atom is -0.497 e. The van der Waals surface area contributed by atoms with Crippen molar-refractivity contribution in [1.82, 2.24) is 10.2 Å². The standard InChI is InChI=1S/C19H24N2O4/c1-23-14-7-8-18(24-2)16(11-14)17-6-3-9-21(17)13-19(22)20-12-15-5-4-10-25-15/h4-5,7-8,10-11,17H,3,6,9,12-13H2,1-2H3,(H,20,22). The lowest BCUT2D eigenvalue weighted by Crippen LogP contribution is -2.36. The average molecular weight is 344 g/mol. The summed E-state index contributed by atoms with van der Waals surface area (Å²) in [6, 6.07) is 9.62. The Balaban J connectivity index is 1.67. The summed E-state index contributed by atoms with van der Waals surface area (Å²) in [4.78, 5) is 14.5. The minimum absolute atomic E-state index is 0.00911. The predicted octanol–water partition coefficient (Wildman–Crippen LogP) is 2.75. The Kier molecular flexibility index (Phi) is 5.60. The maximum Gasteiger partial charge on any atom is 0.234 e. The maximum atomic E-state index is 12.3. The van der Waals surface area contributed by atoms with Gasteiger partial charge < -0.3 is 19.2 Å². The Morgan fingerprint density at radius 3 is 2.92 bits per heavy atom. The number of hydrogen-bond donors (Lipinski definition) is 1. The van der Waals surface area contributed by atoms with Crippen molar-refractivity contribution in [2.24, 2.45) is 0 Å². The van der Waals surface area contributed by atoms with Crippen LogP contribution in [0.2, 0.25) is 0 Å². The summed E-state index contributed by atoms with van der Waals surface area (Å²) >= 11 is 0. The Morgan fingerprint density at radius 1 is 1.32 bits per heavy atom. The van der Waals surface area contributed by atoms with Gasteiger partial charge in [-0.05, 0) is 49.7 Å². The number of carbonyl (C=O) groups excluding carboxylic acids is 1. The van der Waals surface area contributed by atoms with E-state index in [1.807, 2.05) is 30.3 Å². The van der Waals surface area contributed by atoms with E-state index in [2.05, 4.69) is 10.2 Å². The quantitative estimate of drug-likeness (QED) is 0.837. The third kappa shape index (κ3) is 4.14. The molecule has 0 radical (unpaired) electrons. The van der Waals surface area contributed by atoms with Crippen molar-refractivity contribution in [2.75, 3.05) is 27.3 Å². The molecule has 25 heavy (non-hydrogen) atoms. The van der Waals surface area contributed by atoms with Gasteiger partial charge in [-0.2, -0.15) is 0 Å². The van der Waals surface area contributed by atoms with Gasteiger partial charge in [0.15, 0.2) is 0 Å². The van der Waals surface area contributed by atoms with Crippen LogP contribution in [0.5, 0.6) is 11.5 Å². The van der Waals surface area contributed by atoms with E-state index in [1.165, 1.54) is 0 Å². The Hall–Kier alpha value is -2.47. The molecule has 1 aromatic heterocycles. The number of benzene rings is 1. The van der Waals surface area contributed by atoms with E-state index in [0.29, 0.717) is 13.1 Å². The van der Waals surface area contributed by atoms with Gasteiger partial charge in [-0.25, -0.2) is 0 Å². The van der Waals surface area contributed by atoms with E-state index in [0.717, 1.165) is 42.2 Å². The zero-order valence-corrected chi connectivity index (χ0v) is 14.7. The Labute approximate surface area is 147 Å². The number of ether oxygens (including phenoxy) is 2. The van der Waals surface area contributed by atoms with Crippen molar-refractivity contribution in [2.45, 2.75) is 25.4 Å². The van der Waals surface area contributed by atoms with Gasteiger partial charge in [-0.3, -0.25) is 9.69 Å². The van der Waals surface area contributed by atoms with Gasteiger partial charge in [0.05, 0.1) is 33.6 Å². The van der Waals surface area contributed by atoms with Crippen molar-refractivity contribution in [1.29, 1.82) is 0 Å². The molecule has 1 aromatic carbocycles. The minimum atomic E-state index is -0.00911. The first-order valence-electron chi connectivity index (χ1n) is 8.46.